The van der Waals surface area contributed by atoms with Crippen LogP contribution in [0.15, 0.2) is 24.3 Å². The topological polar surface area (TPSA) is 90.2 Å². The standard InChI is InChI=1S/C35H52ClNO5/c1-20(8-11-32(41)37-18-30(42-19-21(37)2)22-6-5-7-24(36)14-22)26-9-10-27-33-28(17-31(40)35(26,27)4)34(3)13-12-25(38)15-23(34)16-29(33)39/h5-7,14,20-21,23,25-31,33,38-40H,8-13,15-19H2,1-4H3/t20-,21?,23+,25-,26-,27+,28+,29-,30?,31+,33+,34+,35-/m1/s1. The normalized spacial score (nSPS) is 46.0. The van der Waals surface area contributed by atoms with E-state index < -0.39 is 6.10 Å². The van der Waals surface area contributed by atoms with Gasteiger partial charge in [0, 0.05) is 11.4 Å². The number of aliphatic hydroxyl groups is 3. The Morgan fingerprint density at radius 1 is 1.12 bits per heavy atom. The Kier molecular flexibility index (Phi) is 8.54. The number of fused-ring (bicyclic) bond motifs is 5. The quantitative estimate of drug-likeness (QED) is 0.385. The number of benzene rings is 1. The number of hydrogen-bond acceptors (Lipinski definition) is 5. The summed E-state index contributed by atoms with van der Waals surface area (Å²) in [7, 11) is 0. The smallest absolute Gasteiger partial charge is 0.222 e. The summed E-state index contributed by atoms with van der Waals surface area (Å²) in [4.78, 5) is 15.5. The molecule has 1 amide bonds. The molecule has 0 aromatic heterocycles. The summed E-state index contributed by atoms with van der Waals surface area (Å²) in [6.07, 6.45) is 6.33. The molecule has 3 N–H and O–H groups in total. The van der Waals surface area contributed by atoms with Crippen LogP contribution >= 0.6 is 11.6 Å². The maximum Gasteiger partial charge on any atom is 0.222 e. The highest BCUT2D eigenvalue weighted by Gasteiger charge is 2.65. The number of rotatable bonds is 5. The van der Waals surface area contributed by atoms with E-state index in [9.17, 15) is 20.1 Å². The summed E-state index contributed by atoms with van der Waals surface area (Å²) >= 11 is 6.22. The Labute approximate surface area is 257 Å². The summed E-state index contributed by atoms with van der Waals surface area (Å²) < 4.78 is 6.09. The fourth-order valence-electron chi connectivity index (χ4n) is 10.8. The Hall–Kier alpha value is -1.18. The molecular weight excluding hydrogens is 550 g/mol. The van der Waals surface area contributed by atoms with Crippen molar-refractivity contribution in [1.29, 1.82) is 0 Å². The third kappa shape index (κ3) is 5.15. The lowest BCUT2D eigenvalue weighted by atomic mass is 9.43. The maximum absolute atomic E-state index is 13.6. The van der Waals surface area contributed by atoms with Crippen molar-refractivity contribution >= 4 is 17.5 Å². The van der Waals surface area contributed by atoms with Gasteiger partial charge in [-0.15, -0.1) is 0 Å². The highest BCUT2D eigenvalue weighted by molar-refractivity contribution is 6.30. The van der Waals surface area contributed by atoms with E-state index in [1.54, 1.807) is 0 Å². The van der Waals surface area contributed by atoms with E-state index in [4.69, 9.17) is 16.3 Å². The van der Waals surface area contributed by atoms with Crippen molar-refractivity contribution in [2.75, 3.05) is 13.2 Å². The zero-order valence-corrected chi connectivity index (χ0v) is 26.7. The average Bonchev–Trinajstić information content (AvgIpc) is 3.31. The molecule has 5 aliphatic rings. The van der Waals surface area contributed by atoms with Crippen LogP contribution in [-0.2, 0) is 9.53 Å². The third-order valence-electron chi connectivity index (χ3n) is 13.3. The zero-order chi connectivity index (χ0) is 30.0. The monoisotopic (exact) mass is 601 g/mol. The lowest BCUT2D eigenvalue weighted by molar-refractivity contribution is -0.207. The molecule has 6 nitrogen and oxygen atoms in total. The van der Waals surface area contributed by atoms with Gasteiger partial charge in [0.15, 0.2) is 0 Å². The van der Waals surface area contributed by atoms with Crippen molar-refractivity contribution in [2.24, 2.45) is 46.3 Å². The first-order chi connectivity index (χ1) is 19.9. The molecule has 0 spiro atoms. The van der Waals surface area contributed by atoms with Gasteiger partial charge in [0.25, 0.3) is 0 Å². The van der Waals surface area contributed by atoms with Crippen molar-refractivity contribution in [3.8, 4) is 0 Å². The SMILES string of the molecule is CC1COC(c2cccc(Cl)c2)CN1C(=O)CC[C@@H](C)[C@H]1CC[C@H]2[C@@H]3[C@H](O)C[C@@H]4C[C@H](O)CC[C@]4(C)[C@H]3C[C@H](O)[C@]12C. The van der Waals surface area contributed by atoms with Gasteiger partial charge in [0.1, 0.15) is 6.10 Å². The average molecular weight is 602 g/mol. The van der Waals surface area contributed by atoms with Crippen LogP contribution in [0.2, 0.25) is 5.02 Å². The van der Waals surface area contributed by atoms with E-state index in [1.165, 1.54) is 0 Å². The molecule has 42 heavy (non-hydrogen) atoms. The van der Waals surface area contributed by atoms with Crippen LogP contribution in [0, 0.1) is 46.3 Å². The first-order valence-corrected chi connectivity index (χ1v) is 17.0. The predicted octanol–water partition coefficient (Wildman–Crippen LogP) is 6.01. The van der Waals surface area contributed by atoms with E-state index in [-0.39, 0.29) is 47.0 Å². The van der Waals surface area contributed by atoms with Gasteiger partial charge in [0.2, 0.25) is 5.91 Å². The number of hydrogen-bond donors (Lipinski definition) is 3. The van der Waals surface area contributed by atoms with Gasteiger partial charge in [-0.3, -0.25) is 4.79 Å². The van der Waals surface area contributed by atoms with E-state index in [1.807, 2.05) is 29.2 Å². The van der Waals surface area contributed by atoms with Gasteiger partial charge in [-0.1, -0.05) is 44.5 Å². The number of ether oxygens (including phenoxy) is 1. The molecule has 1 heterocycles. The minimum Gasteiger partial charge on any atom is -0.393 e. The molecule has 0 bridgehead atoms. The highest BCUT2D eigenvalue weighted by Crippen LogP contribution is 2.68. The number of amides is 1. The molecule has 1 aliphatic heterocycles. The molecule has 4 saturated carbocycles. The predicted molar refractivity (Wildman–Crippen MR) is 164 cm³/mol. The minimum atomic E-state index is -0.401. The Morgan fingerprint density at radius 3 is 2.67 bits per heavy atom. The molecule has 4 aliphatic carbocycles. The zero-order valence-electron chi connectivity index (χ0n) is 25.9. The summed E-state index contributed by atoms with van der Waals surface area (Å²) in [6.45, 7) is 10.1. The molecule has 234 valence electrons. The number of carbonyl (C=O) groups is 1. The van der Waals surface area contributed by atoms with Crippen LogP contribution in [0.25, 0.3) is 0 Å². The summed E-state index contributed by atoms with van der Waals surface area (Å²) in [5.41, 5.74) is 0.843. The maximum atomic E-state index is 13.6. The van der Waals surface area contributed by atoms with Gasteiger partial charge < -0.3 is 25.0 Å². The molecule has 6 rings (SSSR count). The molecule has 7 heteroatoms. The molecular formula is C35H52ClNO5. The van der Waals surface area contributed by atoms with E-state index in [2.05, 4.69) is 27.7 Å². The summed E-state index contributed by atoms with van der Waals surface area (Å²) in [5.74, 6) is 1.96. The van der Waals surface area contributed by atoms with Gasteiger partial charge >= 0.3 is 0 Å². The van der Waals surface area contributed by atoms with Crippen molar-refractivity contribution in [1.82, 2.24) is 4.90 Å². The van der Waals surface area contributed by atoms with Crippen LogP contribution < -0.4 is 0 Å². The van der Waals surface area contributed by atoms with Crippen molar-refractivity contribution < 1.29 is 24.9 Å². The van der Waals surface area contributed by atoms with Crippen molar-refractivity contribution in [2.45, 2.75) is 116 Å². The Bertz CT molecular complexity index is 1150. The molecule has 1 saturated heterocycles. The molecule has 5 fully saturated rings. The van der Waals surface area contributed by atoms with E-state index in [0.29, 0.717) is 54.2 Å². The van der Waals surface area contributed by atoms with Gasteiger partial charge in [-0.25, -0.2) is 0 Å². The minimum absolute atomic E-state index is 0.0348. The van der Waals surface area contributed by atoms with Crippen molar-refractivity contribution in [3.05, 3.63) is 34.9 Å². The second kappa shape index (κ2) is 11.6. The number of aliphatic hydroxyl groups excluding tert-OH is 3. The number of carbonyl (C=O) groups excluding carboxylic acids is 1. The fraction of sp³-hybridized carbons (Fsp3) is 0.800. The lowest BCUT2D eigenvalue weighted by Gasteiger charge is -2.63. The lowest BCUT2D eigenvalue weighted by Crippen LogP contribution is -2.62. The van der Waals surface area contributed by atoms with Crippen LogP contribution in [0.1, 0.15) is 97.1 Å². The molecule has 1 aromatic rings. The first-order valence-electron chi connectivity index (χ1n) is 16.6. The second-order valence-electron chi connectivity index (χ2n) is 15.3. The summed E-state index contributed by atoms with van der Waals surface area (Å²) in [6, 6.07) is 7.74. The Morgan fingerprint density at radius 2 is 1.90 bits per heavy atom. The van der Waals surface area contributed by atoms with Crippen LogP contribution in [0.4, 0.5) is 0 Å². The molecule has 1 aromatic carbocycles. The fourth-order valence-corrected chi connectivity index (χ4v) is 11.0. The number of nitrogens with zero attached hydrogens (tertiary/aromatic N) is 1. The largest absolute Gasteiger partial charge is 0.393 e. The third-order valence-corrected chi connectivity index (χ3v) is 13.5. The summed E-state index contributed by atoms with van der Waals surface area (Å²) in [5, 5.41) is 34.5. The molecule has 2 unspecified atom stereocenters. The molecule has 0 radical (unpaired) electrons. The van der Waals surface area contributed by atoms with Gasteiger partial charge in [-0.2, -0.15) is 0 Å². The Balaban J connectivity index is 1.12. The van der Waals surface area contributed by atoms with Crippen LogP contribution in [0.3, 0.4) is 0 Å². The highest BCUT2D eigenvalue weighted by atomic mass is 35.5. The molecule has 13 atom stereocenters. The van der Waals surface area contributed by atoms with Gasteiger partial charge in [0.05, 0.1) is 37.5 Å². The van der Waals surface area contributed by atoms with Gasteiger partial charge in [-0.05, 0) is 122 Å². The second-order valence-corrected chi connectivity index (χ2v) is 15.8. The number of morpholine rings is 1. The van der Waals surface area contributed by atoms with Crippen LogP contribution in [-0.4, -0.2) is 63.6 Å². The first kappa shape index (κ1) is 30.8. The van der Waals surface area contributed by atoms with Crippen molar-refractivity contribution in [3.63, 3.8) is 0 Å². The van der Waals surface area contributed by atoms with E-state index >= 15 is 0 Å². The van der Waals surface area contributed by atoms with E-state index in [0.717, 1.165) is 56.9 Å². The van der Waals surface area contributed by atoms with Crippen LogP contribution in [0.5, 0.6) is 0 Å². The number of halogens is 1.